The van der Waals surface area contributed by atoms with Crippen LogP contribution in [-0.2, 0) is 13.0 Å². The molecule has 1 aliphatic rings. The van der Waals surface area contributed by atoms with Gasteiger partial charge in [0.1, 0.15) is 0 Å². The molecule has 2 rings (SSSR count). The fourth-order valence-corrected chi connectivity index (χ4v) is 2.35. The van der Waals surface area contributed by atoms with Crippen LogP contribution >= 0.6 is 0 Å². The van der Waals surface area contributed by atoms with Gasteiger partial charge in [0.25, 0.3) is 0 Å². The van der Waals surface area contributed by atoms with Crippen LogP contribution < -0.4 is 5.32 Å². The lowest BCUT2D eigenvalue weighted by Gasteiger charge is -2.16. The smallest absolute Gasteiger partial charge is 0.0202 e. The van der Waals surface area contributed by atoms with Crippen LogP contribution in [-0.4, -0.2) is 7.05 Å². The SMILES string of the molecule is CNCc1ccc(CC2C=CCCC2)cc1. The Labute approximate surface area is 98.6 Å². The zero-order chi connectivity index (χ0) is 11.2. The molecular weight excluding hydrogens is 194 g/mol. The second kappa shape index (κ2) is 5.86. The highest BCUT2D eigenvalue weighted by molar-refractivity contribution is 5.23. The fraction of sp³-hybridized carbons (Fsp3) is 0.467. The van der Waals surface area contributed by atoms with Crippen LogP contribution in [0.2, 0.25) is 0 Å². The highest BCUT2D eigenvalue weighted by atomic mass is 14.8. The van der Waals surface area contributed by atoms with Crippen molar-refractivity contribution < 1.29 is 0 Å². The van der Waals surface area contributed by atoms with Crippen LogP contribution in [0, 0.1) is 5.92 Å². The number of hydrogen-bond donors (Lipinski definition) is 1. The summed E-state index contributed by atoms with van der Waals surface area (Å²) < 4.78 is 0. The lowest BCUT2D eigenvalue weighted by atomic mass is 9.90. The van der Waals surface area contributed by atoms with Gasteiger partial charge >= 0.3 is 0 Å². The maximum absolute atomic E-state index is 3.17. The molecule has 0 saturated carbocycles. The largest absolute Gasteiger partial charge is 0.316 e. The predicted molar refractivity (Wildman–Crippen MR) is 69.4 cm³/mol. The van der Waals surface area contributed by atoms with E-state index < -0.39 is 0 Å². The molecule has 1 N–H and O–H groups in total. The van der Waals surface area contributed by atoms with E-state index in [1.54, 1.807) is 0 Å². The van der Waals surface area contributed by atoms with Gasteiger partial charge in [-0.2, -0.15) is 0 Å². The van der Waals surface area contributed by atoms with E-state index in [4.69, 9.17) is 0 Å². The summed E-state index contributed by atoms with van der Waals surface area (Å²) >= 11 is 0. The zero-order valence-electron chi connectivity index (χ0n) is 10.1. The highest BCUT2D eigenvalue weighted by Crippen LogP contribution is 2.21. The molecule has 0 aliphatic heterocycles. The first kappa shape index (κ1) is 11.4. The first-order valence-corrected chi connectivity index (χ1v) is 6.27. The summed E-state index contributed by atoms with van der Waals surface area (Å²) in [6.07, 6.45) is 9.93. The Morgan fingerprint density at radius 3 is 2.56 bits per heavy atom. The van der Waals surface area contributed by atoms with Crippen molar-refractivity contribution in [3.8, 4) is 0 Å². The molecule has 0 spiro atoms. The molecule has 16 heavy (non-hydrogen) atoms. The van der Waals surface area contributed by atoms with Gasteiger partial charge in [-0.05, 0) is 49.8 Å². The molecule has 1 nitrogen and oxygen atoms in total. The number of benzene rings is 1. The Hall–Kier alpha value is -1.08. The maximum atomic E-state index is 3.17. The summed E-state index contributed by atoms with van der Waals surface area (Å²) in [6, 6.07) is 9.01. The third kappa shape index (κ3) is 3.21. The van der Waals surface area contributed by atoms with Crippen molar-refractivity contribution in [2.45, 2.75) is 32.2 Å². The minimum atomic E-state index is 0.768. The topological polar surface area (TPSA) is 12.0 Å². The van der Waals surface area contributed by atoms with E-state index in [1.165, 1.54) is 36.8 Å². The van der Waals surface area contributed by atoms with E-state index in [2.05, 4.69) is 41.7 Å². The van der Waals surface area contributed by atoms with Crippen LogP contribution in [0.3, 0.4) is 0 Å². The third-order valence-electron chi connectivity index (χ3n) is 3.26. The van der Waals surface area contributed by atoms with E-state index in [9.17, 15) is 0 Å². The molecule has 1 atom stereocenters. The van der Waals surface area contributed by atoms with Crippen molar-refractivity contribution in [3.63, 3.8) is 0 Å². The molecule has 1 aliphatic carbocycles. The molecule has 1 heteroatoms. The molecule has 0 bridgehead atoms. The lowest BCUT2D eigenvalue weighted by Crippen LogP contribution is -2.06. The van der Waals surface area contributed by atoms with E-state index in [-0.39, 0.29) is 0 Å². The van der Waals surface area contributed by atoms with Crippen molar-refractivity contribution >= 4 is 0 Å². The third-order valence-corrected chi connectivity index (χ3v) is 3.26. The summed E-state index contributed by atoms with van der Waals surface area (Å²) in [7, 11) is 1.99. The van der Waals surface area contributed by atoms with Gasteiger partial charge in [0.2, 0.25) is 0 Å². The van der Waals surface area contributed by atoms with Gasteiger partial charge < -0.3 is 5.32 Å². The lowest BCUT2D eigenvalue weighted by molar-refractivity contribution is 0.538. The fourth-order valence-electron chi connectivity index (χ4n) is 2.35. The maximum Gasteiger partial charge on any atom is 0.0202 e. The van der Waals surface area contributed by atoms with Crippen molar-refractivity contribution in [1.82, 2.24) is 5.32 Å². The number of hydrogen-bond acceptors (Lipinski definition) is 1. The van der Waals surface area contributed by atoms with Crippen LogP contribution in [0.4, 0.5) is 0 Å². The molecule has 0 amide bonds. The van der Waals surface area contributed by atoms with E-state index in [0.717, 1.165) is 12.5 Å². The zero-order valence-corrected chi connectivity index (χ0v) is 10.1. The molecule has 0 radical (unpaired) electrons. The van der Waals surface area contributed by atoms with Crippen LogP contribution in [0.5, 0.6) is 0 Å². The Kier molecular flexibility index (Phi) is 4.17. The van der Waals surface area contributed by atoms with Gasteiger partial charge in [-0.3, -0.25) is 0 Å². The summed E-state index contributed by atoms with van der Waals surface area (Å²) in [5, 5.41) is 3.17. The summed E-state index contributed by atoms with van der Waals surface area (Å²) in [6.45, 7) is 0.962. The van der Waals surface area contributed by atoms with Crippen LogP contribution in [0.1, 0.15) is 30.4 Å². The number of nitrogens with one attached hydrogen (secondary N) is 1. The van der Waals surface area contributed by atoms with Crippen LogP contribution in [0.25, 0.3) is 0 Å². The monoisotopic (exact) mass is 215 g/mol. The first-order chi connectivity index (χ1) is 7.88. The molecule has 0 fully saturated rings. The van der Waals surface area contributed by atoms with Crippen molar-refractivity contribution in [3.05, 3.63) is 47.5 Å². The van der Waals surface area contributed by atoms with Gasteiger partial charge in [-0.15, -0.1) is 0 Å². The molecule has 1 aromatic rings. The average molecular weight is 215 g/mol. The standard InChI is InChI=1S/C15H21N/c1-16-12-15-9-7-14(8-10-15)11-13-5-3-2-4-6-13/h3,5,7-10,13,16H,2,4,6,11-12H2,1H3. The first-order valence-electron chi connectivity index (χ1n) is 6.27. The summed E-state index contributed by atoms with van der Waals surface area (Å²) in [5.74, 6) is 0.768. The van der Waals surface area contributed by atoms with Gasteiger partial charge in [0, 0.05) is 6.54 Å². The van der Waals surface area contributed by atoms with Gasteiger partial charge in [-0.25, -0.2) is 0 Å². The van der Waals surface area contributed by atoms with E-state index in [0.29, 0.717) is 0 Å². The molecule has 0 saturated heterocycles. The summed E-state index contributed by atoms with van der Waals surface area (Å²) in [4.78, 5) is 0. The Morgan fingerprint density at radius 2 is 1.94 bits per heavy atom. The van der Waals surface area contributed by atoms with E-state index in [1.807, 2.05) is 7.05 Å². The highest BCUT2D eigenvalue weighted by Gasteiger charge is 2.08. The van der Waals surface area contributed by atoms with Crippen molar-refractivity contribution in [2.75, 3.05) is 7.05 Å². The minimum Gasteiger partial charge on any atom is -0.316 e. The van der Waals surface area contributed by atoms with Gasteiger partial charge in [0.05, 0.1) is 0 Å². The molecule has 1 aromatic carbocycles. The van der Waals surface area contributed by atoms with Crippen molar-refractivity contribution in [1.29, 1.82) is 0 Å². The number of allylic oxidation sites excluding steroid dienone is 2. The molecular formula is C15H21N. The quantitative estimate of drug-likeness (QED) is 0.760. The molecule has 0 heterocycles. The molecule has 0 aromatic heterocycles. The second-order valence-electron chi connectivity index (χ2n) is 4.67. The average Bonchev–Trinajstić information content (AvgIpc) is 2.33. The Morgan fingerprint density at radius 1 is 1.19 bits per heavy atom. The van der Waals surface area contributed by atoms with E-state index >= 15 is 0 Å². The minimum absolute atomic E-state index is 0.768. The molecule has 86 valence electrons. The predicted octanol–water partition coefficient (Wildman–Crippen LogP) is 3.30. The Balaban J connectivity index is 1.93. The normalized spacial score (nSPS) is 19.9. The van der Waals surface area contributed by atoms with Crippen molar-refractivity contribution in [2.24, 2.45) is 5.92 Å². The van der Waals surface area contributed by atoms with Gasteiger partial charge in [-0.1, -0.05) is 36.4 Å². The second-order valence-corrected chi connectivity index (χ2v) is 4.67. The molecule has 1 unspecified atom stereocenters. The Bertz CT molecular complexity index is 337. The summed E-state index contributed by atoms with van der Waals surface area (Å²) in [5.41, 5.74) is 2.84. The van der Waals surface area contributed by atoms with Gasteiger partial charge in [0.15, 0.2) is 0 Å². The van der Waals surface area contributed by atoms with Crippen LogP contribution in [0.15, 0.2) is 36.4 Å². The number of rotatable bonds is 4.